The van der Waals surface area contributed by atoms with Crippen LogP contribution < -0.4 is 20.1 Å². The van der Waals surface area contributed by atoms with Crippen LogP contribution in [0.25, 0.3) is 22.2 Å². The number of nitrogens with two attached hydrogens (primary N) is 1. The van der Waals surface area contributed by atoms with Gasteiger partial charge in [0.25, 0.3) is 5.91 Å². The molecule has 3 N–H and O–H groups in total. The number of amides is 4. The van der Waals surface area contributed by atoms with Crippen LogP contribution in [0.15, 0.2) is 54.6 Å². The SMILES string of the molecule is COc1cc(C(=O)N(C(N)=O)c2ccc(C)cc2OCCCCN(C)C(=O)OC(C)(C)C)ccc1-c1cccc2[nH]c(C)nc12. The topological polar surface area (TPSA) is 140 Å². The monoisotopic (exact) mass is 615 g/mol. The van der Waals surface area contributed by atoms with Gasteiger partial charge in [0.15, 0.2) is 0 Å². The molecular weight excluding hydrogens is 574 g/mol. The third kappa shape index (κ3) is 7.91. The lowest BCUT2D eigenvalue weighted by Crippen LogP contribution is -2.41. The van der Waals surface area contributed by atoms with Gasteiger partial charge in [0.2, 0.25) is 0 Å². The smallest absolute Gasteiger partial charge is 0.410 e. The largest absolute Gasteiger partial charge is 0.496 e. The van der Waals surface area contributed by atoms with Crippen molar-refractivity contribution in [2.45, 2.75) is 53.1 Å². The second-order valence-electron chi connectivity index (χ2n) is 11.8. The number of benzene rings is 3. The molecule has 1 heterocycles. The van der Waals surface area contributed by atoms with Crippen molar-refractivity contribution in [2.24, 2.45) is 5.73 Å². The molecule has 4 rings (SSSR count). The maximum atomic E-state index is 13.8. The zero-order valence-electron chi connectivity index (χ0n) is 26.9. The van der Waals surface area contributed by atoms with Gasteiger partial charge in [-0.25, -0.2) is 19.5 Å². The standard InChI is InChI=1S/C34H41N5O6/c1-21-13-16-27(29(19-21)44-18-9-8-17-38(6)33(42)45-34(3,4)5)39(32(35)41)31(40)23-14-15-24(28(20-23)43-7)25-11-10-12-26-30(25)37-22(2)36-26/h10-16,19-20H,8-9,17-18H2,1-7H3,(H2,35,41)(H,36,37). The van der Waals surface area contributed by atoms with E-state index in [1.165, 1.54) is 12.0 Å². The molecule has 11 heteroatoms. The lowest BCUT2D eigenvalue weighted by Gasteiger charge is -2.24. The van der Waals surface area contributed by atoms with E-state index in [0.717, 1.165) is 38.4 Å². The van der Waals surface area contributed by atoms with Crippen LogP contribution in [0.2, 0.25) is 0 Å². The number of hydrogen-bond acceptors (Lipinski definition) is 7. The van der Waals surface area contributed by atoms with Crippen molar-refractivity contribution in [1.29, 1.82) is 0 Å². The number of rotatable bonds is 10. The maximum Gasteiger partial charge on any atom is 0.410 e. The summed E-state index contributed by atoms with van der Waals surface area (Å²) in [6.07, 6.45) is 0.886. The number of fused-ring (bicyclic) bond motifs is 1. The first-order chi connectivity index (χ1) is 21.3. The van der Waals surface area contributed by atoms with Crippen molar-refractivity contribution >= 4 is 34.8 Å². The molecule has 0 saturated heterocycles. The third-order valence-electron chi connectivity index (χ3n) is 7.00. The molecule has 0 atom stereocenters. The zero-order valence-corrected chi connectivity index (χ0v) is 26.9. The minimum atomic E-state index is -0.951. The number of carbonyl (C=O) groups is 3. The highest BCUT2D eigenvalue weighted by Gasteiger charge is 2.27. The Hall–Kier alpha value is -5.06. The van der Waals surface area contributed by atoms with Crippen molar-refractivity contribution in [3.63, 3.8) is 0 Å². The summed E-state index contributed by atoms with van der Waals surface area (Å²) >= 11 is 0. The van der Waals surface area contributed by atoms with Crippen molar-refractivity contribution in [3.8, 4) is 22.6 Å². The van der Waals surface area contributed by atoms with Crippen LogP contribution in [0.4, 0.5) is 15.3 Å². The molecule has 238 valence electrons. The molecule has 0 radical (unpaired) electrons. The van der Waals surface area contributed by atoms with E-state index in [9.17, 15) is 14.4 Å². The number of hydrogen-bond donors (Lipinski definition) is 2. The van der Waals surface area contributed by atoms with E-state index in [1.807, 2.05) is 52.8 Å². The number of H-pyrrole nitrogens is 1. The van der Waals surface area contributed by atoms with Crippen LogP contribution in [0.1, 0.15) is 55.4 Å². The van der Waals surface area contributed by atoms with Gasteiger partial charge in [-0.3, -0.25) is 4.79 Å². The number of aromatic nitrogens is 2. The van der Waals surface area contributed by atoms with Gasteiger partial charge in [-0.1, -0.05) is 18.2 Å². The first-order valence-corrected chi connectivity index (χ1v) is 14.7. The van der Waals surface area contributed by atoms with Crippen LogP contribution >= 0.6 is 0 Å². The number of imide groups is 1. The number of carbonyl (C=O) groups excluding carboxylic acids is 3. The number of primary amides is 1. The summed E-state index contributed by atoms with van der Waals surface area (Å²) in [6, 6.07) is 15.0. The molecule has 0 aliphatic carbocycles. The molecule has 0 saturated carbocycles. The number of methoxy groups -OCH3 is 1. The molecule has 11 nitrogen and oxygen atoms in total. The van der Waals surface area contributed by atoms with E-state index in [4.69, 9.17) is 19.9 Å². The Balaban J connectivity index is 1.53. The third-order valence-corrected chi connectivity index (χ3v) is 7.00. The molecule has 45 heavy (non-hydrogen) atoms. The number of imidazole rings is 1. The van der Waals surface area contributed by atoms with Crippen molar-refractivity contribution in [1.82, 2.24) is 14.9 Å². The van der Waals surface area contributed by atoms with Gasteiger partial charge in [-0.15, -0.1) is 0 Å². The second kappa shape index (κ2) is 13.7. The quantitative estimate of drug-likeness (QED) is 0.191. The molecule has 0 spiro atoms. The van der Waals surface area contributed by atoms with Gasteiger partial charge in [-0.2, -0.15) is 0 Å². The number of anilines is 1. The van der Waals surface area contributed by atoms with Crippen molar-refractivity contribution in [2.75, 3.05) is 32.2 Å². The normalized spacial score (nSPS) is 11.3. The molecule has 4 amide bonds. The highest BCUT2D eigenvalue weighted by atomic mass is 16.6. The number of unbranched alkanes of at least 4 members (excludes halogenated alkanes) is 1. The molecule has 0 unspecified atom stereocenters. The number of aryl methyl sites for hydroxylation is 2. The molecular formula is C34H41N5O6. The predicted molar refractivity (Wildman–Crippen MR) is 174 cm³/mol. The fraction of sp³-hybridized carbons (Fsp3) is 0.353. The molecule has 0 fully saturated rings. The molecule has 0 aliphatic heterocycles. The highest BCUT2D eigenvalue weighted by Crippen LogP contribution is 2.36. The number of ether oxygens (including phenoxy) is 3. The summed E-state index contributed by atoms with van der Waals surface area (Å²) < 4.78 is 17.1. The minimum Gasteiger partial charge on any atom is -0.496 e. The lowest BCUT2D eigenvalue weighted by atomic mass is 10.0. The Labute approximate surface area is 263 Å². The van der Waals surface area contributed by atoms with Crippen LogP contribution in [0, 0.1) is 13.8 Å². The Morgan fingerprint density at radius 2 is 1.71 bits per heavy atom. The zero-order chi connectivity index (χ0) is 32.9. The van der Waals surface area contributed by atoms with E-state index in [1.54, 1.807) is 43.4 Å². The van der Waals surface area contributed by atoms with Crippen LogP contribution in [0.3, 0.4) is 0 Å². The first-order valence-electron chi connectivity index (χ1n) is 14.7. The number of nitrogens with zero attached hydrogens (tertiary/aromatic N) is 3. The fourth-order valence-electron chi connectivity index (χ4n) is 4.86. The summed E-state index contributed by atoms with van der Waals surface area (Å²) in [5, 5.41) is 0. The summed E-state index contributed by atoms with van der Waals surface area (Å²) in [4.78, 5) is 49.0. The minimum absolute atomic E-state index is 0.205. The van der Waals surface area contributed by atoms with Gasteiger partial charge in [0.1, 0.15) is 22.9 Å². The van der Waals surface area contributed by atoms with Gasteiger partial charge in [0, 0.05) is 30.3 Å². The Morgan fingerprint density at radius 1 is 0.956 bits per heavy atom. The summed E-state index contributed by atoms with van der Waals surface area (Å²) in [5.74, 6) is 0.931. The first kappa shape index (κ1) is 32.8. The highest BCUT2D eigenvalue weighted by molar-refractivity contribution is 6.21. The molecule has 0 aliphatic rings. The van der Waals surface area contributed by atoms with E-state index >= 15 is 0 Å². The van der Waals surface area contributed by atoms with Gasteiger partial charge < -0.3 is 29.8 Å². The van der Waals surface area contributed by atoms with Gasteiger partial charge >= 0.3 is 12.1 Å². The summed E-state index contributed by atoms with van der Waals surface area (Å²) in [7, 11) is 3.20. The molecule has 1 aromatic heterocycles. The average molecular weight is 616 g/mol. The molecule has 3 aromatic carbocycles. The number of aromatic amines is 1. The van der Waals surface area contributed by atoms with Gasteiger partial charge in [-0.05, 0) is 89.4 Å². The summed E-state index contributed by atoms with van der Waals surface area (Å²) in [5.41, 5.74) is 9.76. The molecule has 0 bridgehead atoms. The Morgan fingerprint density at radius 3 is 2.40 bits per heavy atom. The van der Waals surface area contributed by atoms with Crippen molar-refractivity contribution in [3.05, 3.63) is 71.5 Å². The fourth-order valence-corrected chi connectivity index (χ4v) is 4.86. The summed E-state index contributed by atoms with van der Waals surface area (Å²) in [6.45, 7) is 10.0. The lowest BCUT2D eigenvalue weighted by molar-refractivity contribution is 0.0294. The van der Waals surface area contributed by atoms with E-state index < -0.39 is 23.6 Å². The predicted octanol–water partition coefficient (Wildman–Crippen LogP) is 6.61. The Bertz CT molecular complexity index is 1710. The number of nitrogens with one attached hydrogen (secondary N) is 1. The number of para-hydroxylation sites is 1. The average Bonchev–Trinajstić information content (AvgIpc) is 3.37. The van der Waals surface area contributed by atoms with Crippen molar-refractivity contribution < 1.29 is 28.6 Å². The van der Waals surface area contributed by atoms with E-state index in [2.05, 4.69) is 9.97 Å². The van der Waals surface area contributed by atoms with Crippen LogP contribution in [0.5, 0.6) is 11.5 Å². The van der Waals surface area contributed by atoms with Crippen LogP contribution in [-0.2, 0) is 4.74 Å². The number of urea groups is 1. The van der Waals surface area contributed by atoms with Gasteiger partial charge in [0.05, 0.1) is 30.4 Å². The van der Waals surface area contributed by atoms with Crippen LogP contribution in [-0.4, -0.2) is 65.8 Å². The molecule has 4 aromatic rings. The Kier molecular flexibility index (Phi) is 10.0. The maximum absolute atomic E-state index is 13.8. The second-order valence-corrected chi connectivity index (χ2v) is 11.8. The van der Waals surface area contributed by atoms with E-state index in [0.29, 0.717) is 37.5 Å². The van der Waals surface area contributed by atoms with E-state index in [-0.39, 0.29) is 11.3 Å².